The van der Waals surface area contributed by atoms with Crippen molar-refractivity contribution in [3.05, 3.63) is 0 Å². The van der Waals surface area contributed by atoms with Crippen LogP contribution in [0, 0.1) is 0 Å². The smallest absolute Gasteiger partial charge is 0.329 e. The van der Waals surface area contributed by atoms with Gasteiger partial charge in [0.15, 0.2) is 0 Å². The molecule has 1 rings (SSSR count). The van der Waals surface area contributed by atoms with E-state index in [1.165, 1.54) is 4.90 Å². The number of nitrogens with one attached hydrogen (secondary N) is 1. The van der Waals surface area contributed by atoms with Gasteiger partial charge in [-0.15, -0.1) is 0 Å². The molecule has 8 heteroatoms. The molecule has 7 nitrogen and oxygen atoms in total. The van der Waals surface area contributed by atoms with E-state index in [9.17, 15) is 13.8 Å². The van der Waals surface area contributed by atoms with Crippen molar-refractivity contribution in [2.75, 3.05) is 38.2 Å². The minimum absolute atomic E-state index is 0.239. The number of rotatable bonds is 6. The van der Waals surface area contributed by atoms with Crippen molar-refractivity contribution in [3.8, 4) is 0 Å². The summed E-state index contributed by atoms with van der Waals surface area (Å²) in [6.07, 6.45) is 1.58. The maximum atomic E-state index is 11.6. The third-order valence-electron chi connectivity index (χ3n) is 2.55. The Hall–Kier alpha value is -1.15. The molecule has 0 bridgehead atoms. The van der Waals surface area contributed by atoms with Crippen molar-refractivity contribution in [2.24, 2.45) is 0 Å². The van der Waals surface area contributed by atoms with Crippen LogP contribution in [0.3, 0.4) is 0 Å². The van der Waals surface area contributed by atoms with Crippen LogP contribution in [0.4, 0.5) is 4.79 Å². The van der Waals surface area contributed by atoms with Crippen LogP contribution in [0.2, 0.25) is 0 Å². The molecule has 1 fully saturated rings. The van der Waals surface area contributed by atoms with Gasteiger partial charge in [-0.2, -0.15) is 0 Å². The lowest BCUT2D eigenvalue weighted by atomic mass is 9.97. The lowest BCUT2D eigenvalue weighted by Gasteiger charge is -2.46. The molecular formula is C10H18N2O5S. The first-order valence-electron chi connectivity index (χ1n) is 5.51. The molecule has 2 amide bonds. The van der Waals surface area contributed by atoms with E-state index >= 15 is 0 Å². The highest BCUT2D eigenvalue weighted by molar-refractivity contribution is 7.84. The van der Waals surface area contributed by atoms with Gasteiger partial charge in [-0.05, 0) is 6.92 Å². The van der Waals surface area contributed by atoms with E-state index in [0.29, 0.717) is 25.4 Å². The van der Waals surface area contributed by atoms with E-state index in [0.717, 1.165) is 0 Å². The molecule has 2 N–H and O–H groups in total. The van der Waals surface area contributed by atoms with Crippen molar-refractivity contribution in [3.63, 3.8) is 0 Å². The number of nitrogens with zero attached hydrogens (tertiary/aromatic N) is 1. The number of carbonyl (C=O) groups is 2. The molecule has 1 aliphatic heterocycles. The summed E-state index contributed by atoms with van der Waals surface area (Å²) in [6, 6.07) is -0.239. The molecule has 0 aromatic heterocycles. The highest BCUT2D eigenvalue weighted by Gasteiger charge is 2.42. The molecule has 0 aromatic carbocycles. The van der Waals surface area contributed by atoms with Crippen LogP contribution in [-0.2, 0) is 20.3 Å². The summed E-state index contributed by atoms with van der Waals surface area (Å²) in [5.74, 6) is -0.601. The maximum absolute atomic E-state index is 11.6. The fourth-order valence-corrected chi connectivity index (χ4v) is 2.04. The van der Waals surface area contributed by atoms with Crippen LogP contribution in [-0.4, -0.2) is 70.1 Å². The zero-order valence-corrected chi connectivity index (χ0v) is 11.3. The highest BCUT2D eigenvalue weighted by atomic mass is 32.2. The van der Waals surface area contributed by atoms with Gasteiger partial charge in [0.05, 0.1) is 13.1 Å². The Bertz CT molecular complexity index is 354. The average Bonchev–Trinajstić information content (AvgIpc) is 2.21. The first kappa shape index (κ1) is 14.9. The molecule has 0 saturated carbocycles. The molecule has 1 unspecified atom stereocenters. The summed E-state index contributed by atoms with van der Waals surface area (Å²) in [5.41, 5.74) is -0.580. The summed E-state index contributed by atoms with van der Waals surface area (Å²) in [4.78, 5) is 23.5. The van der Waals surface area contributed by atoms with Crippen molar-refractivity contribution in [1.82, 2.24) is 10.2 Å². The van der Waals surface area contributed by atoms with Crippen molar-refractivity contribution >= 4 is 22.8 Å². The Morgan fingerprint density at radius 1 is 1.50 bits per heavy atom. The molecule has 0 spiro atoms. The summed E-state index contributed by atoms with van der Waals surface area (Å²) in [6.45, 7) is 2.50. The molecule has 1 atom stereocenters. The van der Waals surface area contributed by atoms with E-state index < -0.39 is 22.4 Å². The van der Waals surface area contributed by atoms with Crippen LogP contribution in [0.1, 0.15) is 6.92 Å². The lowest BCUT2D eigenvalue weighted by molar-refractivity contribution is -0.159. The molecule has 1 saturated heterocycles. The maximum Gasteiger partial charge on any atom is 0.329 e. The zero-order chi connectivity index (χ0) is 13.8. The number of likely N-dealkylation sites (tertiary alicyclic amines) is 1. The van der Waals surface area contributed by atoms with Crippen LogP contribution >= 0.6 is 0 Å². The standard InChI is InChI=1S/C10H18N2O5S/c1-10(17-5-8(13)14)6-12(7-10)9(15)11-3-4-18(2)16/h3-7H2,1-2H3,(H,11,15)(H,13,14). The fourth-order valence-electron chi connectivity index (χ4n) is 1.65. The van der Waals surface area contributed by atoms with Crippen molar-refractivity contribution < 1.29 is 23.6 Å². The van der Waals surface area contributed by atoms with E-state index in [1.807, 2.05) is 0 Å². The van der Waals surface area contributed by atoms with Crippen LogP contribution in [0.5, 0.6) is 0 Å². The van der Waals surface area contributed by atoms with Crippen LogP contribution in [0.25, 0.3) is 0 Å². The van der Waals surface area contributed by atoms with Gasteiger partial charge in [-0.3, -0.25) is 4.21 Å². The summed E-state index contributed by atoms with van der Waals surface area (Å²) in [7, 11) is -0.926. The third kappa shape index (κ3) is 4.61. The first-order valence-corrected chi connectivity index (χ1v) is 7.24. The number of amides is 2. The summed E-state index contributed by atoms with van der Waals surface area (Å²) >= 11 is 0. The Labute approximate surface area is 108 Å². The van der Waals surface area contributed by atoms with Gasteiger partial charge < -0.3 is 20.1 Å². The number of carbonyl (C=O) groups excluding carboxylic acids is 1. The van der Waals surface area contributed by atoms with Crippen LogP contribution < -0.4 is 5.32 Å². The zero-order valence-electron chi connectivity index (χ0n) is 10.5. The van der Waals surface area contributed by atoms with E-state index in [1.54, 1.807) is 13.2 Å². The number of hydrogen-bond acceptors (Lipinski definition) is 4. The first-order chi connectivity index (χ1) is 8.32. The third-order valence-corrected chi connectivity index (χ3v) is 3.33. The number of carboxylic acid groups (broad SMARTS) is 1. The van der Waals surface area contributed by atoms with E-state index in [2.05, 4.69) is 5.32 Å². The summed E-state index contributed by atoms with van der Waals surface area (Å²) < 4.78 is 16.0. The summed E-state index contributed by atoms with van der Waals surface area (Å²) in [5, 5.41) is 11.1. The largest absolute Gasteiger partial charge is 0.480 e. The Kier molecular flexibility index (Phi) is 5.09. The minimum atomic E-state index is -1.02. The Balaban J connectivity index is 2.22. The van der Waals surface area contributed by atoms with Gasteiger partial charge in [0.1, 0.15) is 12.2 Å². The topological polar surface area (TPSA) is 95.9 Å². The molecule has 104 valence electrons. The second-order valence-electron chi connectivity index (χ2n) is 4.50. The SMILES string of the molecule is CS(=O)CCNC(=O)N1CC(C)(OCC(=O)O)C1. The number of urea groups is 1. The number of aliphatic carboxylic acids is 1. The normalized spacial score (nSPS) is 18.9. The number of hydrogen-bond donors (Lipinski definition) is 2. The predicted molar refractivity (Wildman–Crippen MR) is 65.9 cm³/mol. The van der Waals surface area contributed by atoms with E-state index in [-0.39, 0.29) is 12.6 Å². The van der Waals surface area contributed by atoms with Gasteiger partial charge >= 0.3 is 12.0 Å². The second-order valence-corrected chi connectivity index (χ2v) is 6.05. The molecule has 18 heavy (non-hydrogen) atoms. The highest BCUT2D eigenvalue weighted by Crippen LogP contribution is 2.24. The molecule has 0 aliphatic carbocycles. The molecule has 1 heterocycles. The van der Waals surface area contributed by atoms with Gasteiger partial charge in [0.2, 0.25) is 0 Å². The molecule has 1 aliphatic rings. The Morgan fingerprint density at radius 2 is 2.11 bits per heavy atom. The molecule has 0 radical (unpaired) electrons. The monoisotopic (exact) mass is 278 g/mol. The second kappa shape index (κ2) is 6.14. The van der Waals surface area contributed by atoms with Gasteiger partial charge in [0.25, 0.3) is 0 Å². The fraction of sp³-hybridized carbons (Fsp3) is 0.800. The Morgan fingerprint density at radius 3 is 2.61 bits per heavy atom. The van der Waals surface area contributed by atoms with Gasteiger partial charge in [-0.25, -0.2) is 9.59 Å². The van der Waals surface area contributed by atoms with Crippen LogP contribution in [0.15, 0.2) is 0 Å². The number of ether oxygens (including phenoxy) is 1. The van der Waals surface area contributed by atoms with Crippen molar-refractivity contribution in [1.29, 1.82) is 0 Å². The minimum Gasteiger partial charge on any atom is -0.480 e. The molecule has 0 aromatic rings. The average molecular weight is 278 g/mol. The predicted octanol–water partition coefficient (Wildman–Crippen LogP) is -0.750. The number of carboxylic acids is 1. The quantitative estimate of drug-likeness (QED) is 0.666. The molecular weight excluding hydrogens is 260 g/mol. The van der Waals surface area contributed by atoms with Gasteiger partial charge in [-0.1, -0.05) is 0 Å². The van der Waals surface area contributed by atoms with Gasteiger partial charge in [0, 0.05) is 29.4 Å². The van der Waals surface area contributed by atoms with E-state index in [4.69, 9.17) is 9.84 Å². The lowest BCUT2D eigenvalue weighted by Crippen LogP contribution is -2.65. The van der Waals surface area contributed by atoms with Crippen molar-refractivity contribution in [2.45, 2.75) is 12.5 Å².